The maximum Gasteiger partial charge on any atom is 0.333 e. The van der Waals surface area contributed by atoms with Gasteiger partial charge in [-0.15, -0.1) is 0 Å². The lowest BCUT2D eigenvalue weighted by atomic mass is 9.70. The Labute approximate surface area is 194 Å². The molecule has 0 N–H and O–H groups in total. The molecule has 2 aliphatic rings. The fraction of sp³-hybridized carbons (Fsp3) is 0.692. The predicted molar refractivity (Wildman–Crippen MR) is 126 cm³/mol. The third-order valence-corrected chi connectivity index (χ3v) is 7.04. The highest BCUT2D eigenvalue weighted by Crippen LogP contribution is 2.66. The van der Waals surface area contributed by atoms with Gasteiger partial charge in [0.05, 0.1) is 12.9 Å². The van der Waals surface area contributed by atoms with Crippen LogP contribution in [0.15, 0.2) is 37.6 Å². The minimum Gasteiger partial charge on any atom is -0.473 e. The molecule has 2 bridgehead atoms. The van der Waals surface area contributed by atoms with Gasteiger partial charge in [-0.05, 0) is 49.9 Å². The summed E-state index contributed by atoms with van der Waals surface area (Å²) < 4.78 is 20.6. The standard InChI is InChI=1S/C13H22O4.C13H20O2/c1-6-15-12(5)16-7-8-17-13(14)11(4)9-10(2)3;1-5-11(14)15-10-8-9-6-7-13(10,4)12(9,2)3/h6,10,12H,1,4,7-9H2,2-3,5H3;5,9-10H,1,6-8H2,2-4H3/t;9-,10-,13+/m.0/s1. The van der Waals surface area contributed by atoms with Crippen LogP contribution in [0.3, 0.4) is 0 Å². The zero-order valence-corrected chi connectivity index (χ0v) is 20.8. The van der Waals surface area contributed by atoms with Gasteiger partial charge in [0.25, 0.3) is 0 Å². The fourth-order valence-corrected chi connectivity index (χ4v) is 4.70. The summed E-state index contributed by atoms with van der Waals surface area (Å²) in [7, 11) is 0. The Morgan fingerprint density at radius 2 is 1.78 bits per heavy atom. The first kappa shape index (κ1) is 28.0. The highest BCUT2D eigenvalue weighted by molar-refractivity contribution is 5.87. The van der Waals surface area contributed by atoms with Crippen LogP contribution in [0.1, 0.15) is 67.2 Å². The quantitative estimate of drug-likeness (QED) is 0.134. The van der Waals surface area contributed by atoms with E-state index in [1.54, 1.807) is 6.92 Å². The fourth-order valence-electron chi connectivity index (χ4n) is 4.70. The van der Waals surface area contributed by atoms with Crippen LogP contribution in [0, 0.1) is 22.7 Å². The minimum absolute atomic E-state index is 0.0942. The lowest BCUT2D eigenvalue weighted by Gasteiger charge is -2.38. The molecule has 0 amide bonds. The Morgan fingerprint density at radius 1 is 1.12 bits per heavy atom. The zero-order chi connectivity index (χ0) is 24.5. The van der Waals surface area contributed by atoms with Gasteiger partial charge in [-0.25, -0.2) is 9.59 Å². The van der Waals surface area contributed by atoms with E-state index in [9.17, 15) is 9.59 Å². The van der Waals surface area contributed by atoms with E-state index in [2.05, 4.69) is 40.5 Å². The molecule has 4 atom stereocenters. The van der Waals surface area contributed by atoms with Crippen molar-refractivity contribution >= 4 is 11.9 Å². The summed E-state index contributed by atoms with van der Waals surface area (Å²) in [5.74, 6) is 0.474. The van der Waals surface area contributed by atoms with Crippen molar-refractivity contribution in [1.82, 2.24) is 0 Å². The molecule has 0 aromatic rings. The number of hydrogen-bond donors (Lipinski definition) is 0. The second-order valence-electron chi connectivity index (χ2n) is 9.82. The maximum atomic E-state index is 11.4. The first-order chi connectivity index (χ1) is 14.9. The molecule has 0 spiro atoms. The van der Waals surface area contributed by atoms with Crippen molar-refractivity contribution in [1.29, 1.82) is 0 Å². The molecule has 6 heteroatoms. The summed E-state index contributed by atoms with van der Waals surface area (Å²) in [5.41, 5.74) is 0.963. The summed E-state index contributed by atoms with van der Waals surface area (Å²) in [4.78, 5) is 22.7. The van der Waals surface area contributed by atoms with Crippen molar-refractivity contribution in [3.05, 3.63) is 37.6 Å². The number of fused-ring (bicyclic) bond motifs is 2. The summed E-state index contributed by atoms with van der Waals surface area (Å²) in [5, 5.41) is 0. The second kappa shape index (κ2) is 12.2. The minimum atomic E-state index is -0.384. The Hall–Kier alpha value is -2.08. The molecule has 0 heterocycles. The average molecular weight is 451 g/mol. The zero-order valence-electron chi connectivity index (χ0n) is 20.8. The SMILES string of the molecule is C=CC(=O)O[C@H]1C[C@@H]2CC[C@@]1(C)C2(C)C.C=COC(C)OCCOC(=O)C(=C)CC(C)C. The van der Waals surface area contributed by atoms with Gasteiger partial charge in [-0.2, -0.15) is 0 Å². The van der Waals surface area contributed by atoms with Crippen LogP contribution in [-0.2, 0) is 28.5 Å². The largest absolute Gasteiger partial charge is 0.473 e. The Balaban J connectivity index is 0.000000321. The highest BCUT2D eigenvalue weighted by Gasteiger charge is 2.62. The number of carbonyl (C=O) groups excluding carboxylic acids is 2. The van der Waals surface area contributed by atoms with Gasteiger partial charge in [0.15, 0.2) is 6.29 Å². The number of ether oxygens (including phenoxy) is 4. The van der Waals surface area contributed by atoms with Crippen molar-refractivity contribution in [3.8, 4) is 0 Å². The average Bonchev–Trinajstić information content (AvgIpc) is 3.04. The molecule has 0 aromatic carbocycles. The van der Waals surface area contributed by atoms with Crippen molar-refractivity contribution in [3.63, 3.8) is 0 Å². The molecule has 1 unspecified atom stereocenters. The van der Waals surface area contributed by atoms with E-state index in [-0.39, 0.29) is 43.0 Å². The molecule has 2 rings (SSSR count). The van der Waals surface area contributed by atoms with Crippen LogP contribution in [0.25, 0.3) is 0 Å². The van der Waals surface area contributed by atoms with E-state index in [1.807, 2.05) is 13.8 Å². The predicted octanol–water partition coefficient (Wildman–Crippen LogP) is 5.59. The molecule has 2 aliphatic carbocycles. The van der Waals surface area contributed by atoms with E-state index in [1.165, 1.54) is 25.2 Å². The number of hydrogen-bond acceptors (Lipinski definition) is 6. The molecule has 0 radical (unpaired) electrons. The monoisotopic (exact) mass is 450 g/mol. The van der Waals surface area contributed by atoms with E-state index >= 15 is 0 Å². The lowest BCUT2D eigenvalue weighted by molar-refractivity contribution is -0.150. The Bertz CT molecular complexity index is 680. The Morgan fingerprint density at radius 3 is 2.25 bits per heavy atom. The molecular weight excluding hydrogens is 408 g/mol. The molecule has 0 aliphatic heterocycles. The Kier molecular flexibility index (Phi) is 10.7. The number of rotatable bonds is 11. The summed E-state index contributed by atoms with van der Waals surface area (Å²) in [6.07, 6.45) is 6.43. The smallest absolute Gasteiger partial charge is 0.333 e. The highest BCUT2D eigenvalue weighted by atomic mass is 16.7. The van der Waals surface area contributed by atoms with Crippen molar-refractivity contribution in [2.45, 2.75) is 79.6 Å². The van der Waals surface area contributed by atoms with Crippen molar-refractivity contribution < 1.29 is 28.5 Å². The number of esters is 2. The summed E-state index contributed by atoms with van der Waals surface area (Å²) in [6.45, 7) is 23.7. The molecule has 6 nitrogen and oxygen atoms in total. The van der Waals surface area contributed by atoms with E-state index in [0.717, 1.165) is 6.42 Å². The van der Waals surface area contributed by atoms with Gasteiger partial charge in [0.1, 0.15) is 12.7 Å². The van der Waals surface area contributed by atoms with Gasteiger partial charge in [0.2, 0.25) is 0 Å². The molecule has 0 aromatic heterocycles. The lowest BCUT2D eigenvalue weighted by Crippen LogP contribution is -2.38. The van der Waals surface area contributed by atoms with Crippen molar-refractivity contribution in [2.75, 3.05) is 13.2 Å². The molecule has 0 saturated heterocycles. The van der Waals surface area contributed by atoms with Crippen LogP contribution in [-0.4, -0.2) is 37.5 Å². The molecule has 2 fully saturated rings. The summed E-state index contributed by atoms with van der Waals surface area (Å²) >= 11 is 0. The normalized spacial score (nSPS) is 25.8. The van der Waals surface area contributed by atoms with Gasteiger partial charge >= 0.3 is 11.9 Å². The molecule has 2 saturated carbocycles. The van der Waals surface area contributed by atoms with Crippen LogP contribution < -0.4 is 0 Å². The van der Waals surface area contributed by atoms with E-state index in [4.69, 9.17) is 18.9 Å². The maximum absolute atomic E-state index is 11.4. The van der Waals surface area contributed by atoms with E-state index in [0.29, 0.717) is 29.2 Å². The number of carbonyl (C=O) groups is 2. The summed E-state index contributed by atoms with van der Waals surface area (Å²) in [6, 6.07) is 0. The van der Waals surface area contributed by atoms with Crippen LogP contribution >= 0.6 is 0 Å². The molecular formula is C26H42O6. The van der Waals surface area contributed by atoms with Gasteiger partial charge < -0.3 is 18.9 Å². The van der Waals surface area contributed by atoms with Gasteiger partial charge in [-0.1, -0.05) is 54.4 Å². The third kappa shape index (κ3) is 7.22. The van der Waals surface area contributed by atoms with Crippen LogP contribution in [0.5, 0.6) is 0 Å². The van der Waals surface area contributed by atoms with Crippen LogP contribution in [0.4, 0.5) is 0 Å². The first-order valence-corrected chi connectivity index (χ1v) is 11.4. The molecule has 32 heavy (non-hydrogen) atoms. The third-order valence-electron chi connectivity index (χ3n) is 7.04. The van der Waals surface area contributed by atoms with E-state index < -0.39 is 0 Å². The topological polar surface area (TPSA) is 71.1 Å². The van der Waals surface area contributed by atoms with Crippen molar-refractivity contribution in [2.24, 2.45) is 22.7 Å². The van der Waals surface area contributed by atoms with Gasteiger partial charge in [0, 0.05) is 17.1 Å². The van der Waals surface area contributed by atoms with Crippen LogP contribution in [0.2, 0.25) is 0 Å². The van der Waals surface area contributed by atoms with Gasteiger partial charge in [-0.3, -0.25) is 0 Å². The second-order valence-corrected chi connectivity index (χ2v) is 9.82. The molecule has 182 valence electrons. The first-order valence-electron chi connectivity index (χ1n) is 11.4.